The maximum atomic E-state index is 13.0. The van der Waals surface area contributed by atoms with E-state index in [1.54, 1.807) is 0 Å². The van der Waals surface area contributed by atoms with Crippen molar-refractivity contribution in [1.82, 2.24) is 0 Å². The molecule has 0 amide bonds. The van der Waals surface area contributed by atoms with Crippen LogP contribution in [0.15, 0.2) is 0 Å². The van der Waals surface area contributed by atoms with E-state index in [2.05, 4.69) is 4.74 Å². The van der Waals surface area contributed by atoms with E-state index in [0.29, 0.717) is 0 Å². The molecule has 0 aliphatic heterocycles. The van der Waals surface area contributed by atoms with Crippen LogP contribution >= 0.6 is 0 Å². The predicted molar refractivity (Wildman–Crippen MR) is 51.9 cm³/mol. The van der Waals surface area contributed by atoms with Crippen molar-refractivity contribution in [3.63, 3.8) is 0 Å². The Bertz CT molecular complexity index is 373. The summed E-state index contributed by atoms with van der Waals surface area (Å²) in [5, 5.41) is 0. The maximum Gasteiger partial charge on any atom is 0.391 e. The molecule has 0 bridgehead atoms. The summed E-state index contributed by atoms with van der Waals surface area (Å²) in [6.07, 6.45) is -36.1. The molecule has 0 saturated heterocycles. The second-order valence-corrected chi connectivity index (χ2v) is 4.70. The molecule has 0 aliphatic rings. The summed E-state index contributed by atoms with van der Waals surface area (Å²) < 4.78 is 177. The Morgan fingerprint density at radius 3 is 0.920 bits per heavy atom. The first-order chi connectivity index (χ1) is 10.8. The Hall–Kier alpha value is -1.02. The highest BCUT2D eigenvalue weighted by molar-refractivity contribution is 4.89. The molecule has 0 rings (SSSR count). The molecule has 0 heterocycles. The lowest BCUT2D eigenvalue weighted by Gasteiger charge is -2.34. The summed E-state index contributed by atoms with van der Waals surface area (Å²) in [5.41, 5.74) is 0. The second-order valence-electron chi connectivity index (χ2n) is 4.70. The number of hydrogen-bond acceptors (Lipinski definition) is 1. The van der Waals surface area contributed by atoms with Crippen LogP contribution in [-0.4, -0.2) is 49.3 Å². The third-order valence-corrected chi connectivity index (χ3v) is 2.60. The van der Waals surface area contributed by atoms with Gasteiger partial charge >= 0.3 is 37.0 Å². The van der Waals surface area contributed by atoms with Crippen LogP contribution in [0.25, 0.3) is 0 Å². The van der Waals surface area contributed by atoms with E-state index in [9.17, 15) is 61.5 Å². The third kappa shape index (κ3) is 7.40. The monoisotopic (exact) mass is 410 g/mol. The molecule has 2 unspecified atom stereocenters. The molecule has 0 aromatic carbocycles. The van der Waals surface area contributed by atoms with Gasteiger partial charge in [-0.1, -0.05) is 0 Å². The molecule has 0 aromatic rings. The van der Waals surface area contributed by atoms with Crippen molar-refractivity contribution in [2.75, 3.05) is 0 Å². The van der Waals surface area contributed by atoms with Gasteiger partial charge in [0, 0.05) is 0 Å². The molecule has 1 nitrogen and oxygen atoms in total. The molecule has 0 fully saturated rings. The summed E-state index contributed by atoms with van der Waals surface area (Å²) in [6, 6.07) is 0. The van der Waals surface area contributed by atoms with E-state index in [0.717, 1.165) is 0 Å². The van der Waals surface area contributed by atoms with Crippen molar-refractivity contribution in [3.8, 4) is 0 Å². The highest BCUT2D eigenvalue weighted by atomic mass is 19.4. The summed E-state index contributed by atoms with van der Waals surface area (Å²) in [7, 11) is 0. The topological polar surface area (TPSA) is 9.23 Å². The van der Waals surface area contributed by atoms with Crippen LogP contribution in [0.2, 0.25) is 0 Å². The van der Waals surface area contributed by atoms with E-state index in [-0.39, 0.29) is 0 Å². The van der Waals surface area contributed by atoms with Crippen molar-refractivity contribution < 1.29 is 66.2 Å². The molecule has 0 spiro atoms. The van der Waals surface area contributed by atoms with E-state index in [1.165, 1.54) is 0 Å². The average Bonchev–Trinajstić information content (AvgIpc) is 2.33. The van der Waals surface area contributed by atoms with Gasteiger partial charge in [0.15, 0.2) is 0 Å². The summed E-state index contributed by atoms with van der Waals surface area (Å²) in [5.74, 6) is -11.7. The predicted octanol–water partition coefficient (Wildman–Crippen LogP) is 5.45. The van der Waals surface area contributed by atoms with Crippen molar-refractivity contribution >= 4 is 0 Å². The maximum absolute atomic E-state index is 13.0. The molecule has 15 heteroatoms. The van der Waals surface area contributed by atoms with Crippen molar-refractivity contribution in [2.24, 2.45) is 0 Å². The smallest absolute Gasteiger partial charge is 0.361 e. The SMILES string of the molecule is FC(F)C(F)(F)C(CC(F)(F)F)OC(CC(F)(F)F)C(F)(F)C(F)F. The normalized spacial score (nSPS) is 17.3. The zero-order chi connectivity index (χ0) is 20.4. The molecule has 0 N–H and O–H groups in total. The summed E-state index contributed by atoms with van der Waals surface area (Å²) in [4.78, 5) is 0. The van der Waals surface area contributed by atoms with Crippen LogP contribution in [0.5, 0.6) is 0 Å². The van der Waals surface area contributed by atoms with Gasteiger partial charge in [0.2, 0.25) is 0 Å². The minimum Gasteiger partial charge on any atom is -0.361 e. The standard InChI is InChI=1S/C10H8F14O/c11-5(12)9(21,22)3(1-7(15,16)17)25-4(2-8(18,19)20)10(23,24)6(13)14/h3-6H,1-2H2. The fourth-order valence-corrected chi connectivity index (χ4v) is 1.45. The number of ether oxygens (including phenoxy) is 1. The van der Waals surface area contributed by atoms with Gasteiger partial charge in [-0.25, -0.2) is 17.6 Å². The fraction of sp³-hybridized carbons (Fsp3) is 1.00. The first-order valence-corrected chi connectivity index (χ1v) is 5.91. The number of alkyl halides is 14. The van der Waals surface area contributed by atoms with Crippen LogP contribution in [0.3, 0.4) is 0 Å². The summed E-state index contributed by atoms with van der Waals surface area (Å²) >= 11 is 0. The number of hydrogen-bond donors (Lipinski definition) is 0. The minimum absolute atomic E-state index is 3.07. The minimum atomic E-state index is -5.84. The Morgan fingerprint density at radius 2 is 0.760 bits per heavy atom. The van der Waals surface area contributed by atoms with E-state index >= 15 is 0 Å². The van der Waals surface area contributed by atoms with Crippen LogP contribution in [0.4, 0.5) is 61.5 Å². The van der Waals surface area contributed by atoms with Gasteiger partial charge in [-0.3, -0.25) is 0 Å². The Balaban J connectivity index is 5.81. The molecule has 0 aromatic heterocycles. The zero-order valence-electron chi connectivity index (χ0n) is 11.4. The molecular formula is C10H8F14O. The van der Waals surface area contributed by atoms with Gasteiger partial charge < -0.3 is 4.74 Å². The highest BCUT2D eigenvalue weighted by Crippen LogP contribution is 2.42. The Labute approximate surface area is 129 Å². The van der Waals surface area contributed by atoms with Crippen LogP contribution in [0.1, 0.15) is 12.8 Å². The van der Waals surface area contributed by atoms with Crippen LogP contribution < -0.4 is 0 Å². The van der Waals surface area contributed by atoms with Gasteiger partial charge in [0.25, 0.3) is 0 Å². The molecule has 152 valence electrons. The average molecular weight is 410 g/mol. The van der Waals surface area contributed by atoms with E-state index < -0.39 is 62.1 Å². The Morgan fingerprint density at radius 1 is 0.520 bits per heavy atom. The van der Waals surface area contributed by atoms with Gasteiger partial charge in [-0.2, -0.15) is 43.9 Å². The third-order valence-electron chi connectivity index (χ3n) is 2.60. The molecule has 0 aliphatic carbocycles. The molecule has 0 radical (unpaired) electrons. The van der Waals surface area contributed by atoms with Crippen LogP contribution in [-0.2, 0) is 4.74 Å². The lowest BCUT2D eigenvalue weighted by Crippen LogP contribution is -2.52. The molecule has 25 heavy (non-hydrogen) atoms. The molecular weight excluding hydrogens is 402 g/mol. The van der Waals surface area contributed by atoms with E-state index in [4.69, 9.17) is 0 Å². The largest absolute Gasteiger partial charge is 0.391 e. The van der Waals surface area contributed by atoms with E-state index in [1.807, 2.05) is 0 Å². The first kappa shape index (κ1) is 24.0. The van der Waals surface area contributed by atoms with Gasteiger partial charge in [-0.15, -0.1) is 0 Å². The number of halogens is 14. The second kappa shape index (κ2) is 7.70. The van der Waals surface area contributed by atoms with Crippen LogP contribution in [0, 0.1) is 0 Å². The van der Waals surface area contributed by atoms with Gasteiger partial charge in [-0.05, 0) is 0 Å². The Kier molecular flexibility index (Phi) is 7.38. The first-order valence-electron chi connectivity index (χ1n) is 5.91. The lowest BCUT2D eigenvalue weighted by atomic mass is 10.1. The van der Waals surface area contributed by atoms with Crippen molar-refractivity contribution in [2.45, 2.75) is 62.1 Å². The van der Waals surface area contributed by atoms with Crippen molar-refractivity contribution in [1.29, 1.82) is 0 Å². The highest BCUT2D eigenvalue weighted by Gasteiger charge is 2.59. The molecule has 0 saturated carbocycles. The summed E-state index contributed by atoms with van der Waals surface area (Å²) in [6.45, 7) is 0. The number of rotatable bonds is 8. The lowest BCUT2D eigenvalue weighted by molar-refractivity contribution is -0.301. The quantitative estimate of drug-likeness (QED) is 0.484. The van der Waals surface area contributed by atoms with Gasteiger partial charge in [0.1, 0.15) is 12.2 Å². The zero-order valence-corrected chi connectivity index (χ0v) is 11.4. The molecule has 2 atom stereocenters. The fourth-order valence-electron chi connectivity index (χ4n) is 1.45. The van der Waals surface area contributed by atoms with Crippen molar-refractivity contribution in [3.05, 3.63) is 0 Å². The van der Waals surface area contributed by atoms with Gasteiger partial charge in [0.05, 0.1) is 12.8 Å².